The molecule has 1 aliphatic rings. The number of aromatic nitrogens is 3. The second-order valence-corrected chi connectivity index (χ2v) is 4.48. The molecule has 1 aliphatic heterocycles. The summed E-state index contributed by atoms with van der Waals surface area (Å²) in [6.45, 7) is 5.27. The quantitative estimate of drug-likeness (QED) is 0.811. The zero-order valence-electron chi connectivity index (χ0n) is 10.1. The van der Waals surface area contributed by atoms with E-state index in [0.717, 1.165) is 49.6 Å². The fourth-order valence-electron chi connectivity index (χ4n) is 2.30. The number of fused-ring (bicyclic) bond motifs is 1. The van der Waals surface area contributed by atoms with Gasteiger partial charge in [-0.05, 0) is 6.07 Å². The van der Waals surface area contributed by atoms with Crippen molar-refractivity contribution in [2.45, 2.75) is 6.54 Å². The van der Waals surface area contributed by atoms with Crippen LogP contribution in [0.25, 0.3) is 11.0 Å². The normalized spacial score (nSPS) is 17.7. The third-order valence-electron chi connectivity index (χ3n) is 3.35. The first kappa shape index (κ1) is 10.7. The van der Waals surface area contributed by atoms with Gasteiger partial charge in [-0.1, -0.05) is 0 Å². The molecule has 0 atom stereocenters. The smallest absolute Gasteiger partial charge is 0.123 e. The molecule has 5 nitrogen and oxygen atoms in total. The lowest BCUT2D eigenvalue weighted by molar-refractivity contribution is 0.226. The minimum Gasteiger partial charge on any atom is -0.329 e. The van der Waals surface area contributed by atoms with E-state index >= 15 is 0 Å². The Morgan fingerprint density at radius 1 is 1.35 bits per heavy atom. The van der Waals surface area contributed by atoms with E-state index in [1.165, 1.54) is 0 Å². The summed E-state index contributed by atoms with van der Waals surface area (Å²) in [6.07, 6.45) is 3.67. The molecule has 2 aromatic heterocycles. The molecule has 2 aromatic rings. The molecule has 0 saturated carbocycles. The Hall–Kier alpha value is -1.46. The second-order valence-electron chi connectivity index (χ2n) is 4.48. The van der Waals surface area contributed by atoms with E-state index in [4.69, 9.17) is 0 Å². The van der Waals surface area contributed by atoms with E-state index in [9.17, 15) is 0 Å². The lowest BCUT2D eigenvalue weighted by Gasteiger charge is -2.26. The molecule has 90 valence electrons. The van der Waals surface area contributed by atoms with Crippen LogP contribution in [0.4, 0.5) is 0 Å². The summed E-state index contributed by atoms with van der Waals surface area (Å²) in [5.41, 5.74) is 2.14. The lowest BCUT2D eigenvalue weighted by Crippen LogP contribution is -2.43. The van der Waals surface area contributed by atoms with Crippen LogP contribution >= 0.6 is 0 Å². The Bertz CT molecular complexity index is 513. The summed E-state index contributed by atoms with van der Waals surface area (Å²) >= 11 is 0. The zero-order chi connectivity index (χ0) is 11.7. The van der Waals surface area contributed by atoms with Crippen molar-refractivity contribution in [2.75, 3.05) is 26.2 Å². The minimum absolute atomic E-state index is 0.923. The maximum Gasteiger partial charge on any atom is 0.123 e. The number of aryl methyl sites for hydroxylation is 1. The van der Waals surface area contributed by atoms with E-state index in [2.05, 4.69) is 31.8 Å². The topological polar surface area (TPSA) is 46.0 Å². The molecular formula is C12H17N5. The van der Waals surface area contributed by atoms with Gasteiger partial charge in [0.2, 0.25) is 0 Å². The van der Waals surface area contributed by atoms with Gasteiger partial charge in [-0.3, -0.25) is 9.88 Å². The van der Waals surface area contributed by atoms with Crippen LogP contribution < -0.4 is 5.32 Å². The van der Waals surface area contributed by atoms with Gasteiger partial charge in [-0.15, -0.1) is 0 Å². The number of hydrogen-bond donors (Lipinski definition) is 1. The van der Waals surface area contributed by atoms with Crippen molar-refractivity contribution in [2.24, 2.45) is 7.05 Å². The average molecular weight is 231 g/mol. The summed E-state index contributed by atoms with van der Waals surface area (Å²) in [5.74, 6) is 1.12. The largest absolute Gasteiger partial charge is 0.329 e. The molecule has 0 unspecified atom stereocenters. The Kier molecular flexibility index (Phi) is 2.78. The molecule has 17 heavy (non-hydrogen) atoms. The fraction of sp³-hybridized carbons (Fsp3) is 0.500. The number of piperazine rings is 1. The highest BCUT2D eigenvalue weighted by Gasteiger charge is 2.14. The average Bonchev–Trinajstić information content (AvgIpc) is 2.68. The van der Waals surface area contributed by atoms with Gasteiger partial charge in [-0.25, -0.2) is 4.98 Å². The standard InChI is InChI=1S/C12H17N5/c1-16-11-8-14-3-2-10(11)15-12(16)9-17-6-4-13-5-7-17/h2-3,8,13H,4-7,9H2,1H3. The van der Waals surface area contributed by atoms with Crippen molar-refractivity contribution < 1.29 is 0 Å². The summed E-state index contributed by atoms with van der Waals surface area (Å²) in [6, 6.07) is 1.97. The SMILES string of the molecule is Cn1c(CN2CCNCC2)nc2ccncc21. The van der Waals surface area contributed by atoms with Crippen LogP contribution in [0, 0.1) is 0 Å². The van der Waals surface area contributed by atoms with Crippen molar-refractivity contribution in [3.05, 3.63) is 24.3 Å². The molecule has 0 aliphatic carbocycles. The molecule has 0 amide bonds. The molecule has 1 fully saturated rings. The molecule has 0 spiro atoms. The summed E-state index contributed by atoms with van der Waals surface area (Å²) < 4.78 is 2.14. The number of hydrogen-bond acceptors (Lipinski definition) is 4. The first-order chi connectivity index (χ1) is 8.34. The van der Waals surface area contributed by atoms with Crippen LogP contribution in [0.5, 0.6) is 0 Å². The van der Waals surface area contributed by atoms with Crippen LogP contribution in [-0.2, 0) is 13.6 Å². The predicted molar refractivity (Wildman–Crippen MR) is 66.7 cm³/mol. The Labute approximate surface area is 100 Å². The molecular weight excluding hydrogens is 214 g/mol. The van der Waals surface area contributed by atoms with Crippen molar-refractivity contribution in [1.82, 2.24) is 24.8 Å². The summed E-state index contributed by atoms with van der Waals surface area (Å²) in [4.78, 5) is 11.3. The Morgan fingerprint density at radius 3 is 2.94 bits per heavy atom. The number of nitrogens with zero attached hydrogens (tertiary/aromatic N) is 4. The lowest BCUT2D eigenvalue weighted by atomic mass is 10.3. The van der Waals surface area contributed by atoms with Gasteiger partial charge in [0.05, 0.1) is 23.8 Å². The van der Waals surface area contributed by atoms with Gasteiger partial charge < -0.3 is 9.88 Å². The molecule has 3 heterocycles. The van der Waals surface area contributed by atoms with Crippen LogP contribution in [0.3, 0.4) is 0 Å². The molecule has 5 heteroatoms. The maximum atomic E-state index is 4.67. The van der Waals surface area contributed by atoms with Crippen LogP contribution in [0.1, 0.15) is 5.82 Å². The Morgan fingerprint density at radius 2 is 2.18 bits per heavy atom. The molecule has 3 rings (SSSR count). The van der Waals surface area contributed by atoms with Gasteiger partial charge in [0.25, 0.3) is 0 Å². The maximum absolute atomic E-state index is 4.67. The summed E-state index contributed by atoms with van der Waals surface area (Å²) in [5, 5.41) is 3.36. The second kappa shape index (κ2) is 4.43. The third-order valence-corrected chi connectivity index (χ3v) is 3.35. The number of nitrogens with one attached hydrogen (secondary N) is 1. The van der Waals surface area contributed by atoms with Gasteiger partial charge in [0.1, 0.15) is 5.82 Å². The number of pyridine rings is 1. The molecule has 0 bridgehead atoms. The van der Waals surface area contributed by atoms with Gasteiger partial charge in [0.15, 0.2) is 0 Å². The van der Waals surface area contributed by atoms with E-state index in [0.29, 0.717) is 0 Å². The van der Waals surface area contributed by atoms with Crippen LogP contribution in [0.2, 0.25) is 0 Å². The fourth-order valence-corrected chi connectivity index (χ4v) is 2.30. The van der Waals surface area contributed by atoms with Crippen LogP contribution in [0.15, 0.2) is 18.5 Å². The number of imidazole rings is 1. The van der Waals surface area contributed by atoms with Gasteiger partial charge in [-0.2, -0.15) is 0 Å². The molecule has 1 saturated heterocycles. The van der Waals surface area contributed by atoms with Gasteiger partial charge >= 0.3 is 0 Å². The molecule has 0 aromatic carbocycles. The van der Waals surface area contributed by atoms with Crippen molar-refractivity contribution in [3.8, 4) is 0 Å². The summed E-state index contributed by atoms with van der Waals surface area (Å²) in [7, 11) is 2.06. The van der Waals surface area contributed by atoms with Crippen molar-refractivity contribution in [3.63, 3.8) is 0 Å². The minimum atomic E-state index is 0.923. The highest BCUT2D eigenvalue weighted by atomic mass is 15.2. The van der Waals surface area contributed by atoms with E-state index < -0.39 is 0 Å². The van der Waals surface area contributed by atoms with Gasteiger partial charge in [0, 0.05) is 39.4 Å². The Balaban J connectivity index is 1.87. The third kappa shape index (κ3) is 2.03. The first-order valence-electron chi connectivity index (χ1n) is 6.03. The highest BCUT2D eigenvalue weighted by molar-refractivity contribution is 5.74. The van der Waals surface area contributed by atoms with Crippen LogP contribution in [-0.4, -0.2) is 45.6 Å². The molecule has 1 N–H and O–H groups in total. The van der Waals surface area contributed by atoms with Crippen molar-refractivity contribution in [1.29, 1.82) is 0 Å². The zero-order valence-corrected chi connectivity index (χ0v) is 10.1. The monoisotopic (exact) mass is 231 g/mol. The number of rotatable bonds is 2. The predicted octanol–water partition coefficient (Wildman–Crippen LogP) is 0.374. The highest BCUT2D eigenvalue weighted by Crippen LogP contribution is 2.14. The van der Waals surface area contributed by atoms with Crippen molar-refractivity contribution >= 4 is 11.0 Å². The van der Waals surface area contributed by atoms with E-state index in [-0.39, 0.29) is 0 Å². The van der Waals surface area contributed by atoms with E-state index in [1.54, 1.807) is 6.20 Å². The van der Waals surface area contributed by atoms with E-state index in [1.807, 2.05) is 12.3 Å². The molecule has 0 radical (unpaired) electrons. The first-order valence-corrected chi connectivity index (χ1v) is 6.03.